The van der Waals surface area contributed by atoms with Crippen molar-refractivity contribution in [2.75, 3.05) is 10.8 Å². The summed E-state index contributed by atoms with van der Waals surface area (Å²) >= 11 is 9.76. The van der Waals surface area contributed by atoms with E-state index in [-0.39, 0.29) is 22.9 Å². The van der Waals surface area contributed by atoms with E-state index in [1.807, 2.05) is 6.07 Å². The van der Waals surface area contributed by atoms with Gasteiger partial charge in [0.25, 0.3) is 10.0 Å². The molecule has 0 fully saturated rings. The van der Waals surface area contributed by atoms with Crippen molar-refractivity contribution in [3.8, 4) is 0 Å². The van der Waals surface area contributed by atoms with Crippen LogP contribution < -0.4 is 9.62 Å². The highest BCUT2D eigenvalue weighted by molar-refractivity contribution is 9.10. The molecule has 0 bridgehead atoms. The van der Waals surface area contributed by atoms with Gasteiger partial charge < -0.3 is 10.2 Å². The Morgan fingerprint density at radius 1 is 0.854 bits per heavy atom. The van der Waals surface area contributed by atoms with E-state index in [2.05, 4.69) is 21.2 Å². The van der Waals surface area contributed by atoms with E-state index in [0.29, 0.717) is 15.9 Å². The molecule has 0 saturated carbocycles. The molecular formula is C35H34BrClF3N3O4S. The van der Waals surface area contributed by atoms with Gasteiger partial charge in [-0.05, 0) is 74.4 Å². The van der Waals surface area contributed by atoms with E-state index in [1.165, 1.54) is 29.2 Å². The van der Waals surface area contributed by atoms with E-state index in [0.717, 1.165) is 22.2 Å². The van der Waals surface area contributed by atoms with Crippen molar-refractivity contribution >= 4 is 55.1 Å². The van der Waals surface area contributed by atoms with E-state index < -0.39 is 57.4 Å². The van der Waals surface area contributed by atoms with Gasteiger partial charge in [0, 0.05) is 23.0 Å². The summed E-state index contributed by atoms with van der Waals surface area (Å²) < 4.78 is 71.1. The van der Waals surface area contributed by atoms with Crippen molar-refractivity contribution in [2.24, 2.45) is 0 Å². The number of carbonyl (C=O) groups is 2. The second-order valence-electron chi connectivity index (χ2n) is 12.1. The smallest absolute Gasteiger partial charge is 0.350 e. The van der Waals surface area contributed by atoms with Gasteiger partial charge in [-0.2, -0.15) is 13.2 Å². The molecule has 1 N–H and O–H groups in total. The predicted octanol–water partition coefficient (Wildman–Crippen LogP) is 7.87. The Bertz CT molecular complexity index is 1840. The average molecular weight is 765 g/mol. The van der Waals surface area contributed by atoms with Crippen LogP contribution in [0.25, 0.3) is 0 Å². The van der Waals surface area contributed by atoms with Crippen LogP contribution in [0.4, 0.5) is 18.9 Å². The Hall–Kier alpha value is -3.87. The minimum atomic E-state index is -4.83. The first-order valence-corrected chi connectivity index (χ1v) is 17.4. The lowest BCUT2D eigenvalue weighted by Crippen LogP contribution is -2.56. The van der Waals surface area contributed by atoms with Crippen molar-refractivity contribution in [1.29, 1.82) is 0 Å². The van der Waals surface area contributed by atoms with Gasteiger partial charge in [0.1, 0.15) is 12.6 Å². The number of halogens is 5. The first-order chi connectivity index (χ1) is 22.5. The van der Waals surface area contributed by atoms with Crippen LogP contribution in [-0.2, 0) is 38.8 Å². The molecule has 0 spiro atoms. The number of benzene rings is 4. The van der Waals surface area contributed by atoms with Gasteiger partial charge in [-0.3, -0.25) is 13.9 Å². The number of nitrogens with zero attached hydrogens (tertiary/aromatic N) is 2. The zero-order valence-electron chi connectivity index (χ0n) is 26.3. The van der Waals surface area contributed by atoms with Gasteiger partial charge in [0.05, 0.1) is 21.2 Å². The number of alkyl halides is 3. The lowest BCUT2D eigenvalue weighted by atomic mass is 10.0. The van der Waals surface area contributed by atoms with Crippen LogP contribution in [-0.4, -0.2) is 43.3 Å². The Morgan fingerprint density at radius 2 is 1.44 bits per heavy atom. The number of nitrogens with one attached hydrogen (secondary N) is 1. The predicted molar refractivity (Wildman–Crippen MR) is 184 cm³/mol. The number of amides is 2. The number of anilines is 1. The Kier molecular flexibility index (Phi) is 11.6. The largest absolute Gasteiger partial charge is 0.416 e. The van der Waals surface area contributed by atoms with Crippen LogP contribution in [0.2, 0.25) is 5.02 Å². The highest BCUT2D eigenvalue weighted by atomic mass is 79.9. The first kappa shape index (κ1) is 37.0. The summed E-state index contributed by atoms with van der Waals surface area (Å²) in [6.07, 6.45) is -4.76. The fourth-order valence-corrected chi connectivity index (χ4v) is 6.89. The second-order valence-corrected chi connectivity index (χ2v) is 15.3. The third-order valence-electron chi connectivity index (χ3n) is 7.19. The molecule has 4 aromatic rings. The molecular weight excluding hydrogens is 731 g/mol. The number of hydrogen-bond donors (Lipinski definition) is 1. The zero-order valence-corrected chi connectivity index (χ0v) is 29.5. The summed E-state index contributed by atoms with van der Waals surface area (Å²) in [4.78, 5) is 29.5. The molecule has 1 atom stereocenters. The Balaban J connectivity index is 1.88. The van der Waals surface area contributed by atoms with Crippen LogP contribution in [0, 0.1) is 0 Å². The Labute approximate surface area is 291 Å². The van der Waals surface area contributed by atoms with Crippen LogP contribution in [0.3, 0.4) is 0 Å². The first-order valence-electron chi connectivity index (χ1n) is 14.8. The van der Waals surface area contributed by atoms with Gasteiger partial charge >= 0.3 is 6.18 Å². The van der Waals surface area contributed by atoms with Crippen molar-refractivity contribution < 1.29 is 31.2 Å². The summed E-state index contributed by atoms with van der Waals surface area (Å²) in [7, 11) is -4.65. The minimum absolute atomic E-state index is 0.0702. The van der Waals surface area contributed by atoms with Crippen molar-refractivity contribution in [1.82, 2.24) is 10.2 Å². The maximum Gasteiger partial charge on any atom is 0.416 e. The summed E-state index contributed by atoms with van der Waals surface area (Å²) in [6.45, 7) is 4.29. The molecule has 0 aliphatic carbocycles. The maximum atomic E-state index is 14.5. The van der Waals surface area contributed by atoms with E-state index in [9.17, 15) is 31.2 Å². The van der Waals surface area contributed by atoms with E-state index >= 15 is 0 Å². The van der Waals surface area contributed by atoms with Gasteiger partial charge in [-0.15, -0.1) is 0 Å². The molecule has 0 aliphatic heterocycles. The lowest BCUT2D eigenvalue weighted by molar-refractivity contribution is -0.140. The molecule has 0 aromatic heterocycles. The fraction of sp³-hybridized carbons (Fsp3) is 0.257. The number of hydrogen-bond acceptors (Lipinski definition) is 4. The molecule has 0 aliphatic rings. The third-order valence-corrected chi connectivity index (χ3v) is 9.81. The molecule has 2 amide bonds. The second kappa shape index (κ2) is 15.1. The quantitative estimate of drug-likeness (QED) is 0.169. The number of sulfonamides is 1. The van der Waals surface area contributed by atoms with Gasteiger partial charge in [-0.1, -0.05) is 88.2 Å². The maximum absolute atomic E-state index is 14.5. The highest BCUT2D eigenvalue weighted by Gasteiger charge is 2.38. The number of carbonyl (C=O) groups excluding carboxylic acids is 2. The molecule has 4 aromatic carbocycles. The standard InChI is InChI=1S/C35H34BrClF3N3O4S/c1-34(2,3)41-33(45)31(20-24-10-6-4-7-11-24)42(22-25-14-17-27(36)18-15-25)32(44)23-43(48(46,47)28-12-8-5-9-13-28)30-21-26(35(38,39)40)16-19-29(30)37/h4-19,21,31H,20,22-23H2,1-3H3,(H,41,45)/t31-/m0/s1. The van der Waals surface area contributed by atoms with Crippen molar-refractivity contribution in [3.63, 3.8) is 0 Å². The monoisotopic (exact) mass is 763 g/mol. The van der Waals surface area contributed by atoms with Crippen LogP contribution in [0.15, 0.2) is 112 Å². The molecule has 0 radical (unpaired) electrons. The highest BCUT2D eigenvalue weighted by Crippen LogP contribution is 2.37. The van der Waals surface area contributed by atoms with Gasteiger partial charge in [0.15, 0.2) is 0 Å². The summed E-state index contributed by atoms with van der Waals surface area (Å²) in [5.41, 5.74) is -1.02. The Morgan fingerprint density at radius 3 is 2.00 bits per heavy atom. The molecule has 13 heteroatoms. The summed E-state index contributed by atoms with van der Waals surface area (Å²) in [5.74, 6) is -1.33. The van der Waals surface area contributed by atoms with E-state index in [4.69, 9.17) is 11.6 Å². The molecule has 0 saturated heterocycles. The molecule has 4 rings (SSSR count). The SMILES string of the molecule is CC(C)(C)NC(=O)[C@H](Cc1ccccc1)N(Cc1ccc(Br)cc1)C(=O)CN(c1cc(C(F)(F)F)ccc1Cl)S(=O)(=O)c1ccccc1. The van der Waals surface area contributed by atoms with Gasteiger partial charge in [0.2, 0.25) is 11.8 Å². The summed E-state index contributed by atoms with van der Waals surface area (Å²) in [5, 5.41) is 2.61. The van der Waals surface area contributed by atoms with E-state index in [1.54, 1.807) is 75.4 Å². The average Bonchev–Trinajstić information content (AvgIpc) is 3.02. The van der Waals surface area contributed by atoms with Gasteiger partial charge in [-0.25, -0.2) is 8.42 Å². The molecule has 0 heterocycles. The molecule has 7 nitrogen and oxygen atoms in total. The topological polar surface area (TPSA) is 86.8 Å². The third kappa shape index (κ3) is 9.61. The molecule has 48 heavy (non-hydrogen) atoms. The molecule has 0 unspecified atom stereocenters. The normalized spacial score (nSPS) is 12.7. The molecule has 254 valence electrons. The number of rotatable bonds is 11. The van der Waals surface area contributed by atoms with Crippen LogP contribution in [0.5, 0.6) is 0 Å². The minimum Gasteiger partial charge on any atom is -0.350 e. The fourth-order valence-electron chi connectivity index (χ4n) is 4.91. The van der Waals surface area contributed by atoms with Crippen molar-refractivity contribution in [2.45, 2.75) is 56.4 Å². The van der Waals surface area contributed by atoms with Crippen LogP contribution in [0.1, 0.15) is 37.5 Å². The zero-order chi connectivity index (χ0) is 35.3. The van der Waals surface area contributed by atoms with Crippen molar-refractivity contribution in [3.05, 3.63) is 129 Å². The lowest BCUT2D eigenvalue weighted by Gasteiger charge is -2.35. The van der Waals surface area contributed by atoms with Crippen LogP contribution >= 0.6 is 27.5 Å². The summed E-state index contributed by atoms with van der Waals surface area (Å²) in [6, 6.07) is 24.1.